The molecule has 0 radical (unpaired) electrons. The quantitative estimate of drug-likeness (QED) is 0.710. The molecule has 6 nitrogen and oxygen atoms in total. The van der Waals surface area contributed by atoms with Gasteiger partial charge in [-0.2, -0.15) is 0 Å². The van der Waals surface area contributed by atoms with E-state index < -0.39 is 10.0 Å². The van der Waals surface area contributed by atoms with Gasteiger partial charge in [0.2, 0.25) is 15.9 Å². The first-order valence-electron chi connectivity index (χ1n) is 9.06. The Labute approximate surface area is 158 Å². The lowest BCUT2D eigenvalue weighted by Gasteiger charge is -2.32. The molecule has 1 rings (SSSR count). The zero-order chi connectivity index (χ0) is 20.1. The number of nitrogens with zero attached hydrogens (tertiary/aromatic N) is 2. The maximum absolute atomic E-state index is 12.2. The Balaban J connectivity index is 3.25. The van der Waals surface area contributed by atoms with Gasteiger partial charge in [-0.05, 0) is 43.0 Å². The summed E-state index contributed by atoms with van der Waals surface area (Å²) in [4.78, 5) is 16.0. The van der Waals surface area contributed by atoms with Gasteiger partial charge in [0, 0.05) is 45.0 Å². The number of rotatable bonds is 9. The van der Waals surface area contributed by atoms with Gasteiger partial charge in [0.05, 0.1) is 5.75 Å². The van der Waals surface area contributed by atoms with Crippen molar-refractivity contribution >= 4 is 27.3 Å². The first-order valence-corrected chi connectivity index (χ1v) is 10.7. The van der Waals surface area contributed by atoms with Gasteiger partial charge in [-0.25, -0.2) is 8.42 Å². The van der Waals surface area contributed by atoms with Crippen LogP contribution in [0.15, 0.2) is 18.2 Å². The maximum atomic E-state index is 12.2. The Morgan fingerprint density at radius 2 is 1.81 bits per heavy atom. The zero-order valence-electron chi connectivity index (χ0n) is 17.0. The minimum atomic E-state index is -3.35. The molecule has 1 aromatic rings. The second-order valence-corrected chi connectivity index (χ2v) is 9.13. The monoisotopic (exact) mass is 383 g/mol. The first kappa shape index (κ1) is 22.3. The van der Waals surface area contributed by atoms with Crippen LogP contribution in [0.1, 0.15) is 46.6 Å². The van der Waals surface area contributed by atoms with E-state index in [1.165, 1.54) is 0 Å². The van der Waals surface area contributed by atoms with Crippen molar-refractivity contribution in [2.75, 3.05) is 29.5 Å². The number of nitrogens with one attached hydrogen (secondary N) is 1. The van der Waals surface area contributed by atoms with Crippen LogP contribution in [0.2, 0.25) is 0 Å². The van der Waals surface area contributed by atoms with E-state index in [0.29, 0.717) is 24.6 Å². The number of sulfonamides is 1. The molecular formula is C19H33N3O3S. The fourth-order valence-electron chi connectivity index (χ4n) is 2.80. The molecule has 0 saturated carbocycles. The van der Waals surface area contributed by atoms with Crippen LogP contribution in [0.5, 0.6) is 0 Å². The second kappa shape index (κ2) is 9.26. The molecule has 7 heteroatoms. The van der Waals surface area contributed by atoms with E-state index >= 15 is 0 Å². The molecule has 0 saturated heterocycles. The van der Waals surface area contributed by atoms with E-state index in [-0.39, 0.29) is 17.7 Å². The zero-order valence-corrected chi connectivity index (χ0v) is 17.9. The summed E-state index contributed by atoms with van der Waals surface area (Å²) in [6.45, 7) is 10.0. The van der Waals surface area contributed by atoms with Crippen molar-refractivity contribution in [1.29, 1.82) is 0 Å². The topological polar surface area (TPSA) is 69.7 Å². The SMILES string of the molecule is CCCS(=O)(=O)Nc1ccc(N(C)C)c(CN(C(C)=O)C(C)C(C)C)c1. The lowest BCUT2D eigenvalue weighted by Crippen LogP contribution is -2.39. The fraction of sp³-hybridized carbons (Fsp3) is 0.632. The van der Waals surface area contributed by atoms with E-state index in [1.807, 2.05) is 49.9 Å². The Morgan fingerprint density at radius 1 is 1.19 bits per heavy atom. The third-order valence-electron chi connectivity index (χ3n) is 4.51. The summed E-state index contributed by atoms with van der Waals surface area (Å²) in [7, 11) is 0.515. The van der Waals surface area contributed by atoms with Crippen LogP contribution < -0.4 is 9.62 Å². The summed E-state index contributed by atoms with van der Waals surface area (Å²) in [5.41, 5.74) is 2.40. The lowest BCUT2D eigenvalue weighted by molar-refractivity contribution is -0.132. The fourth-order valence-corrected chi connectivity index (χ4v) is 3.92. The summed E-state index contributed by atoms with van der Waals surface area (Å²) < 4.78 is 26.8. The van der Waals surface area contributed by atoms with Crippen molar-refractivity contribution in [2.45, 2.75) is 53.6 Å². The first-order chi connectivity index (χ1) is 12.0. The van der Waals surface area contributed by atoms with Gasteiger partial charge in [-0.15, -0.1) is 0 Å². The van der Waals surface area contributed by atoms with E-state index in [1.54, 1.807) is 13.0 Å². The molecule has 0 aromatic heterocycles. The highest BCUT2D eigenvalue weighted by atomic mass is 32.2. The highest BCUT2D eigenvalue weighted by Crippen LogP contribution is 2.26. The molecule has 0 aliphatic rings. The molecule has 0 heterocycles. The van der Waals surface area contributed by atoms with Gasteiger partial charge in [0.1, 0.15) is 0 Å². The lowest BCUT2D eigenvalue weighted by atomic mass is 10.0. The number of benzene rings is 1. The Morgan fingerprint density at radius 3 is 2.27 bits per heavy atom. The third-order valence-corrected chi connectivity index (χ3v) is 6.00. The van der Waals surface area contributed by atoms with Crippen LogP contribution in [0.3, 0.4) is 0 Å². The van der Waals surface area contributed by atoms with Crippen molar-refractivity contribution in [3.05, 3.63) is 23.8 Å². The Kier molecular flexibility index (Phi) is 7.93. The van der Waals surface area contributed by atoms with Crippen molar-refractivity contribution in [3.8, 4) is 0 Å². The smallest absolute Gasteiger partial charge is 0.232 e. The summed E-state index contributed by atoms with van der Waals surface area (Å²) >= 11 is 0. The Hall–Kier alpha value is -1.76. The summed E-state index contributed by atoms with van der Waals surface area (Å²) in [6.07, 6.45) is 0.558. The molecule has 148 valence electrons. The standard InChI is InChI=1S/C19H33N3O3S/c1-8-11-26(24,25)20-18-9-10-19(21(6)7)17(12-18)13-22(16(5)23)15(4)14(2)3/h9-10,12,14-15,20H,8,11,13H2,1-7H3. The molecule has 26 heavy (non-hydrogen) atoms. The molecule has 0 aliphatic carbocycles. The number of carbonyl (C=O) groups is 1. The van der Waals surface area contributed by atoms with Crippen LogP contribution in [-0.2, 0) is 21.4 Å². The number of hydrogen-bond acceptors (Lipinski definition) is 4. The van der Waals surface area contributed by atoms with Crippen LogP contribution in [-0.4, -0.2) is 45.1 Å². The minimum Gasteiger partial charge on any atom is -0.377 e. The highest BCUT2D eigenvalue weighted by molar-refractivity contribution is 7.92. The van der Waals surface area contributed by atoms with Crippen LogP contribution in [0, 0.1) is 5.92 Å². The van der Waals surface area contributed by atoms with Gasteiger partial charge < -0.3 is 9.80 Å². The van der Waals surface area contributed by atoms with E-state index in [0.717, 1.165) is 11.3 Å². The number of hydrogen-bond donors (Lipinski definition) is 1. The summed E-state index contributed by atoms with van der Waals surface area (Å²) in [5.74, 6) is 0.419. The predicted octanol–water partition coefficient (Wildman–Crippen LogP) is 3.30. The molecule has 0 spiro atoms. The van der Waals surface area contributed by atoms with Crippen molar-refractivity contribution < 1.29 is 13.2 Å². The molecule has 0 bridgehead atoms. The van der Waals surface area contributed by atoms with E-state index in [2.05, 4.69) is 18.6 Å². The molecule has 1 amide bonds. The average Bonchev–Trinajstić information content (AvgIpc) is 2.50. The van der Waals surface area contributed by atoms with Crippen molar-refractivity contribution in [2.24, 2.45) is 5.92 Å². The van der Waals surface area contributed by atoms with E-state index in [4.69, 9.17) is 0 Å². The minimum absolute atomic E-state index is 0.00729. The molecule has 1 aromatic carbocycles. The van der Waals surface area contributed by atoms with Crippen molar-refractivity contribution in [3.63, 3.8) is 0 Å². The normalized spacial score (nSPS) is 12.8. The molecule has 0 aliphatic heterocycles. The molecule has 1 atom stereocenters. The van der Waals surface area contributed by atoms with Crippen LogP contribution in [0.25, 0.3) is 0 Å². The van der Waals surface area contributed by atoms with Gasteiger partial charge in [0.15, 0.2) is 0 Å². The Bertz CT molecular complexity index is 715. The number of carbonyl (C=O) groups excluding carboxylic acids is 1. The van der Waals surface area contributed by atoms with Gasteiger partial charge in [0.25, 0.3) is 0 Å². The van der Waals surface area contributed by atoms with Crippen LogP contribution >= 0.6 is 0 Å². The molecular weight excluding hydrogens is 350 g/mol. The largest absolute Gasteiger partial charge is 0.377 e. The number of anilines is 2. The van der Waals surface area contributed by atoms with Gasteiger partial charge in [-0.1, -0.05) is 20.8 Å². The number of amides is 1. The highest BCUT2D eigenvalue weighted by Gasteiger charge is 2.22. The summed E-state index contributed by atoms with van der Waals surface area (Å²) in [5, 5.41) is 0. The average molecular weight is 384 g/mol. The van der Waals surface area contributed by atoms with Crippen LogP contribution in [0.4, 0.5) is 11.4 Å². The van der Waals surface area contributed by atoms with Gasteiger partial charge >= 0.3 is 0 Å². The molecule has 1 unspecified atom stereocenters. The van der Waals surface area contributed by atoms with E-state index in [9.17, 15) is 13.2 Å². The summed E-state index contributed by atoms with van der Waals surface area (Å²) in [6, 6.07) is 5.56. The molecule has 1 N–H and O–H groups in total. The predicted molar refractivity (Wildman–Crippen MR) is 109 cm³/mol. The maximum Gasteiger partial charge on any atom is 0.232 e. The van der Waals surface area contributed by atoms with Gasteiger partial charge in [-0.3, -0.25) is 9.52 Å². The second-order valence-electron chi connectivity index (χ2n) is 7.29. The third kappa shape index (κ3) is 6.20. The molecule has 0 fully saturated rings. The van der Waals surface area contributed by atoms with Crippen molar-refractivity contribution in [1.82, 2.24) is 4.90 Å².